The average molecular weight is 429 g/mol. The van der Waals surface area contributed by atoms with Crippen molar-refractivity contribution in [3.63, 3.8) is 0 Å². The summed E-state index contributed by atoms with van der Waals surface area (Å²) in [6, 6.07) is 12.1. The number of para-hydroxylation sites is 1. The van der Waals surface area contributed by atoms with Crippen LogP contribution in [0.4, 0.5) is 0 Å². The second-order valence-corrected chi connectivity index (χ2v) is 7.73. The summed E-state index contributed by atoms with van der Waals surface area (Å²) in [4.78, 5) is 4.71. The maximum absolute atomic E-state index is 5.45. The van der Waals surface area contributed by atoms with Gasteiger partial charge in [0.15, 0.2) is 17.1 Å². The van der Waals surface area contributed by atoms with Crippen LogP contribution in [-0.4, -0.2) is 26.5 Å². The van der Waals surface area contributed by atoms with Gasteiger partial charge in [-0.3, -0.25) is 0 Å². The van der Waals surface area contributed by atoms with Crippen LogP contribution in [0.1, 0.15) is 5.56 Å². The van der Waals surface area contributed by atoms with Crippen LogP contribution in [-0.2, 0) is 12.8 Å². The Labute approximate surface area is 161 Å². The van der Waals surface area contributed by atoms with E-state index in [9.17, 15) is 0 Å². The lowest BCUT2D eigenvalue weighted by molar-refractivity contribution is 0.174. The van der Waals surface area contributed by atoms with Gasteiger partial charge >= 0.3 is 0 Å². The molecule has 8 heteroatoms. The lowest BCUT2D eigenvalue weighted by Gasteiger charge is -2.05. The molecule has 0 aliphatic carbocycles. The van der Waals surface area contributed by atoms with Gasteiger partial charge in [0.25, 0.3) is 0 Å². The highest BCUT2D eigenvalue weighted by atomic mass is 79.9. The fourth-order valence-corrected chi connectivity index (χ4v) is 4.49. The number of rotatable bonds is 3. The fraction of sp³-hybridized carbons (Fsp3) is 0.167. The minimum absolute atomic E-state index is 0.267. The van der Waals surface area contributed by atoms with Crippen LogP contribution < -0.4 is 9.47 Å². The number of ether oxygens (including phenoxy) is 2. The molecular formula is C18H13BrN4O2S. The maximum atomic E-state index is 5.45. The standard InChI is InChI=1S/C18H13BrN4O2S/c1-23-13-5-3-2-4-11(13)16-17(23)20-18(22-21-16)26-8-10-6-14-15(7-12(10)19)25-9-24-14/h2-7H,8-9H2,1H3. The first-order valence-corrected chi connectivity index (χ1v) is 9.77. The molecule has 5 rings (SSSR count). The molecule has 0 saturated carbocycles. The van der Waals surface area contributed by atoms with E-state index in [1.807, 2.05) is 37.4 Å². The van der Waals surface area contributed by atoms with Crippen LogP contribution in [0.2, 0.25) is 0 Å². The van der Waals surface area contributed by atoms with Gasteiger partial charge in [-0.1, -0.05) is 45.9 Å². The topological polar surface area (TPSA) is 62.1 Å². The molecule has 2 aromatic heterocycles. The highest BCUT2D eigenvalue weighted by Gasteiger charge is 2.17. The van der Waals surface area contributed by atoms with Gasteiger partial charge < -0.3 is 14.0 Å². The summed E-state index contributed by atoms with van der Waals surface area (Å²) in [5, 5.41) is 10.4. The van der Waals surface area contributed by atoms with Crippen molar-refractivity contribution in [3.8, 4) is 11.5 Å². The van der Waals surface area contributed by atoms with Crippen LogP contribution in [0.25, 0.3) is 22.1 Å². The van der Waals surface area contributed by atoms with E-state index in [0.717, 1.165) is 43.6 Å². The van der Waals surface area contributed by atoms with Gasteiger partial charge in [0, 0.05) is 22.7 Å². The second-order valence-electron chi connectivity index (χ2n) is 5.93. The molecule has 0 fully saturated rings. The third-order valence-corrected chi connectivity index (χ3v) is 6.01. The Morgan fingerprint density at radius 2 is 1.96 bits per heavy atom. The number of halogens is 1. The molecule has 2 aromatic carbocycles. The molecule has 0 bridgehead atoms. The highest BCUT2D eigenvalue weighted by molar-refractivity contribution is 9.10. The van der Waals surface area contributed by atoms with Crippen molar-refractivity contribution in [2.45, 2.75) is 10.9 Å². The lowest BCUT2D eigenvalue weighted by atomic mass is 10.2. The predicted octanol–water partition coefficient (Wildman–Crippen LogP) is 4.30. The van der Waals surface area contributed by atoms with E-state index in [1.165, 1.54) is 0 Å². The largest absolute Gasteiger partial charge is 0.454 e. The maximum Gasteiger partial charge on any atom is 0.231 e. The van der Waals surface area contributed by atoms with Crippen molar-refractivity contribution in [2.24, 2.45) is 7.05 Å². The molecule has 0 radical (unpaired) electrons. The number of hydrogen-bond acceptors (Lipinski definition) is 6. The lowest BCUT2D eigenvalue weighted by Crippen LogP contribution is -1.96. The van der Waals surface area contributed by atoms with Crippen molar-refractivity contribution in [2.75, 3.05) is 6.79 Å². The molecule has 0 saturated heterocycles. The minimum Gasteiger partial charge on any atom is -0.454 e. The van der Waals surface area contributed by atoms with E-state index in [4.69, 9.17) is 14.5 Å². The number of nitrogens with zero attached hydrogens (tertiary/aromatic N) is 4. The van der Waals surface area contributed by atoms with Gasteiger partial charge in [0.05, 0.1) is 5.52 Å². The molecule has 26 heavy (non-hydrogen) atoms. The zero-order valence-corrected chi connectivity index (χ0v) is 16.2. The van der Waals surface area contributed by atoms with Crippen molar-refractivity contribution in [1.82, 2.24) is 19.7 Å². The van der Waals surface area contributed by atoms with Gasteiger partial charge in [0.2, 0.25) is 11.9 Å². The molecular weight excluding hydrogens is 416 g/mol. The van der Waals surface area contributed by atoms with Crippen LogP contribution in [0.15, 0.2) is 46.0 Å². The molecule has 0 N–H and O–H groups in total. The van der Waals surface area contributed by atoms with Crippen LogP contribution in [0.5, 0.6) is 11.5 Å². The molecule has 1 aliphatic heterocycles. The third-order valence-electron chi connectivity index (χ3n) is 4.39. The molecule has 6 nitrogen and oxygen atoms in total. The predicted molar refractivity (Wildman–Crippen MR) is 104 cm³/mol. The van der Waals surface area contributed by atoms with Crippen molar-refractivity contribution in [3.05, 3.63) is 46.4 Å². The zero-order chi connectivity index (χ0) is 17.7. The summed E-state index contributed by atoms with van der Waals surface area (Å²) in [7, 11) is 2.00. The molecule has 4 aromatic rings. The fourth-order valence-electron chi connectivity index (χ4n) is 3.07. The van der Waals surface area contributed by atoms with E-state index < -0.39 is 0 Å². The van der Waals surface area contributed by atoms with Crippen molar-refractivity contribution >= 4 is 49.8 Å². The Morgan fingerprint density at radius 3 is 2.85 bits per heavy atom. The monoisotopic (exact) mass is 428 g/mol. The van der Waals surface area contributed by atoms with Gasteiger partial charge in [-0.25, -0.2) is 4.98 Å². The Kier molecular flexibility index (Phi) is 3.75. The summed E-state index contributed by atoms with van der Waals surface area (Å²) < 4.78 is 13.9. The molecule has 130 valence electrons. The Bertz CT molecular complexity index is 1160. The Hall–Kier alpha value is -2.32. The van der Waals surface area contributed by atoms with Gasteiger partial charge in [-0.2, -0.15) is 0 Å². The van der Waals surface area contributed by atoms with E-state index in [1.54, 1.807) is 11.8 Å². The second kappa shape index (κ2) is 6.14. The van der Waals surface area contributed by atoms with Gasteiger partial charge in [0.1, 0.15) is 5.52 Å². The first-order chi connectivity index (χ1) is 12.7. The summed E-state index contributed by atoms with van der Waals surface area (Å²) in [6.45, 7) is 0.267. The first-order valence-electron chi connectivity index (χ1n) is 7.99. The zero-order valence-electron chi connectivity index (χ0n) is 13.8. The number of benzene rings is 2. The Morgan fingerprint density at radius 1 is 1.15 bits per heavy atom. The number of aromatic nitrogens is 4. The van der Waals surface area contributed by atoms with Crippen molar-refractivity contribution < 1.29 is 9.47 Å². The minimum atomic E-state index is 0.267. The number of fused-ring (bicyclic) bond motifs is 4. The number of hydrogen-bond donors (Lipinski definition) is 0. The van der Waals surface area contributed by atoms with Crippen molar-refractivity contribution in [1.29, 1.82) is 0 Å². The SMILES string of the molecule is Cn1c2ccccc2c2nnc(SCc3cc4c(cc3Br)OCO4)nc21. The van der Waals surface area contributed by atoms with Crippen LogP contribution >= 0.6 is 27.7 Å². The molecule has 0 spiro atoms. The molecule has 1 aliphatic rings. The Balaban J connectivity index is 1.47. The normalized spacial score (nSPS) is 13.0. The third kappa shape index (κ3) is 2.52. The summed E-state index contributed by atoms with van der Waals surface area (Å²) in [6.07, 6.45) is 0. The molecule has 3 heterocycles. The van der Waals surface area contributed by atoms with E-state index in [0.29, 0.717) is 10.9 Å². The van der Waals surface area contributed by atoms with E-state index in [2.05, 4.69) is 36.8 Å². The summed E-state index contributed by atoms with van der Waals surface area (Å²) in [5.41, 5.74) is 3.87. The highest BCUT2D eigenvalue weighted by Crippen LogP contribution is 2.38. The van der Waals surface area contributed by atoms with Crippen LogP contribution in [0, 0.1) is 0 Å². The van der Waals surface area contributed by atoms with Crippen LogP contribution in [0.3, 0.4) is 0 Å². The van der Waals surface area contributed by atoms with Gasteiger partial charge in [-0.05, 0) is 23.8 Å². The molecule has 0 atom stereocenters. The summed E-state index contributed by atoms with van der Waals surface area (Å²) >= 11 is 5.13. The quantitative estimate of drug-likeness (QED) is 0.453. The number of thioether (sulfide) groups is 1. The van der Waals surface area contributed by atoms with E-state index in [-0.39, 0.29) is 6.79 Å². The molecule has 0 amide bonds. The smallest absolute Gasteiger partial charge is 0.231 e. The average Bonchev–Trinajstić information content (AvgIpc) is 3.22. The molecule has 0 unspecified atom stereocenters. The first kappa shape index (κ1) is 15.9. The number of aryl methyl sites for hydroxylation is 1. The summed E-state index contributed by atoms with van der Waals surface area (Å²) in [5.74, 6) is 2.24. The van der Waals surface area contributed by atoms with Gasteiger partial charge in [-0.15, -0.1) is 10.2 Å². The van der Waals surface area contributed by atoms with E-state index >= 15 is 0 Å².